The SMILES string of the molecule is C[C@H](CO)N(C=N)C(=N)c1cccc(N)n1. The molecule has 1 rings (SSSR count). The molecule has 0 fully saturated rings. The minimum Gasteiger partial charge on any atom is -0.394 e. The van der Waals surface area contributed by atoms with Crippen LogP contribution in [0.1, 0.15) is 12.6 Å². The van der Waals surface area contributed by atoms with Crippen LogP contribution in [0.3, 0.4) is 0 Å². The third kappa shape index (κ3) is 2.54. The lowest BCUT2D eigenvalue weighted by Gasteiger charge is -2.24. The molecule has 0 radical (unpaired) electrons. The van der Waals surface area contributed by atoms with Gasteiger partial charge in [0, 0.05) is 0 Å². The lowest BCUT2D eigenvalue weighted by atomic mass is 10.2. The summed E-state index contributed by atoms with van der Waals surface area (Å²) in [5.41, 5.74) is 5.89. The Morgan fingerprint density at radius 1 is 1.69 bits per heavy atom. The lowest BCUT2D eigenvalue weighted by molar-refractivity contribution is 0.229. The van der Waals surface area contributed by atoms with Gasteiger partial charge in [0.05, 0.1) is 19.0 Å². The minimum absolute atomic E-state index is 0.0452. The van der Waals surface area contributed by atoms with Crippen LogP contribution >= 0.6 is 0 Å². The van der Waals surface area contributed by atoms with Crippen LogP contribution in [0.2, 0.25) is 0 Å². The number of anilines is 1. The van der Waals surface area contributed by atoms with Crippen molar-refractivity contribution in [3.63, 3.8) is 0 Å². The van der Waals surface area contributed by atoms with Crippen LogP contribution in [-0.4, -0.2) is 39.8 Å². The number of nitrogen functional groups attached to an aromatic ring is 1. The molecule has 0 saturated carbocycles. The highest BCUT2D eigenvalue weighted by Crippen LogP contribution is 2.06. The average molecular weight is 221 g/mol. The molecule has 0 aromatic carbocycles. The zero-order valence-electron chi connectivity index (χ0n) is 9.01. The number of aromatic nitrogens is 1. The first kappa shape index (κ1) is 12.1. The van der Waals surface area contributed by atoms with Crippen LogP contribution in [0.4, 0.5) is 5.82 Å². The molecule has 6 nitrogen and oxygen atoms in total. The predicted molar refractivity (Wildman–Crippen MR) is 62.6 cm³/mol. The molecule has 5 N–H and O–H groups in total. The molecule has 0 saturated heterocycles. The molecule has 0 aliphatic heterocycles. The van der Waals surface area contributed by atoms with Gasteiger partial charge in [-0.3, -0.25) is 10.8 Å². The molecule has 6 heteroatoms. The van der Waals surface area contributed by atoms with E-state index >= 15 is 0 Å². The van der Waals surface area contributed by atoms with Gasteiger partial charge in [0.2, 0.25) is 0 Å². The number of rotatable bonds is 4. The molecule has 1 aromatic heterocycles. The van der Waals surface area contributed by atoms with Gasteiger partial charge in [0.15, 0.2) is 5.84 Å². The Labute approximate surface area is 93.7 Å². The molecular formula is C10H15N5O. The summed E-state index contributed by atoms with van der Waals surface area (Å²) in [5.74, 6) is 0.368. The van der Waals surface area contributed by atoms with Crippen molar-refractivity contribution in [3.8, 4) is 0 Å². The zero-order valence-corrected chi connectivity index (χ0v) is 9.01. The lowest BCUT2D eigenvalue weighted by Crippen LogP contribution is -2.39. The van der Waals surface area contributed by atoms with Crippen LogP contribution in [-0.2, 0) is 0 Å². The fourth-order valence-electron chi connectivity index (χ4n) is 1.22. The maximum absolute atomic E-state index is 9.00. The number of hydrogen-bond acceptors (Lipinski definition) is 5. The highest BCUT2D eigenvalue weighted by molar-refractivity contribution is 6.01. The number of aliphatic hydroxyl groups excluding tert-OH is 1. The van der Waals surface area contributed by atoms with Crippen molar-refractivity contribution in [1.29, 1.82) is 10.8 Å². The molecule has 1 heterocycles. The minimum atomic E-state index is -0.340. The van der Waals surface area contributed by atoms with E-state index in [1.807, 2.05) is 0 Å². The van der Waals surface area contributed by atoms with E-state index in [1.165, 1.54) is 4.90 Å². The Hall–Kier alpha value is -1.95. The van der Waals surface area contributed by atoms with Crippen molar-refractivity contribution >= 4 is 18.0 Å². The van der Waals surface area contributed by atoms with Crippen LogP contribution in [0.25, 0.3) is 0 Å². The first-order valence-electron chi connectivity index (χ1n) is 4.81. The molecule has 16 heavy (non-hydrogen) atoms. The Bertz CT molecular complexity index is 393. The van der Waals surface area contributed by atoms with E-state index in [9.17, 15) is 0 Å². The smallest absolute Gasteiger partial charge is 0.152 e. The second-order valence-corrected chi connectivity index (χ2v) is 3.36. The standard InChI is InChI=1S/C10H15N5O/c1-7(5-16)15(6-11)10(13)8-3-2-4-9(12)14-8/h2-4,6-7,11,13,16H,5H2,1H3,(H2,12,14)/t7-/m1/s1. The highest BCUT2D eigenvalue weighted by atomic mass is 16.3. The third-order valence-corrected chi connectivity index (χ3v) is 2.15. The largest absolute Gasteiger partial charge is 0.394 e. The van der Waals surface area contributed by atoms with E-state index in [-0.39, 0.29) is 18.5 Å². The monoisotopic (exact) mass is 221 g/mol. The summed E-state index contributed by atoms with van der Waals surface area (Å²) < 4.78 is 0. The van der Waals surface area contributed by atoms with Gasteiger partial charge < -0.3 is 15.7 Å². The number of nitrogens with two attached hydrogens (primary N) is 1. The normalized spacial score (nSPS) is 11.9. The van der Waals surface area contributed by atoms with Gasteiger partial charge in [-0.1, -0.05) is 6.07 Å². The molecule has 0 aliphatic carbocycles. The number of nitrogens with one attached hydrogen (secondary N) is 2. The van der Waals surface area contributed by atoms with Crippen molar-refractivity contribution in [2.75, 3.05) is 12.3 Å². The fraction of sp³-hybridized carbons (Fsp3) is 0.300. The second kappa shape index (κ2) is 5.22. The summed E-state index contributed by atoms with van der Waals surface area (Å²) in [7, 11) is 0. The Morgan fingerprint density at radius 2 is 2.38 bits per heavy atom. The molecule has 1 atom stereocenters. The van der Waals surface area contributed by atoms with Gasteiger partial charge in [-0.2, -0.15) is 0 Å². The molecule has 1 aromatic rings. The fourth-order valence-corrected chi connectivity index (χ4v) is 1.22. The van der Waals surface area contributed by atoms with E-state index < -0.39 is 0 Å². The summed E-state index contributed by atoms with van der Waals surface area (Å²) in [4.78, 5) is 5.31. The number of hydrogen-bond donors (Lipinski definition) is 4. The zero-order chi connectivity index (χ0) is 12.1. The predicted octanol–water partition coefficient (Wildman–Crippen LogP) is 0.279. The van der Waals surface area contributed by atoms with Crippen molar-refractivity contribution in [1.82, 2.24) is 9.88 Å². The first-order chi connectivity index (χ1) is 7.60. The van der Waals surface area contributed by atoms with E-state index in [4.69, 9.17) is 21.7 Å². The quantitative estimate of drug-likeness (QED) is 0.432. The van der Waals surface area contributed by atoms with Gasteiger partial charge in [-0.05, 0) is 19.1 Å². The molecule has 0 amide bonds. The first-order valence-corrected chi connectivity index (χ1v) is 4.81. The molecule has 0 aliphatic rings. The number of pyridine rings is 1. The summed E-state index contributed by atoms with van der Waals surface area (Å²) in [6, 6.07) is 4.62. The van der Waals surface area contributed by atoms with Gasteiger partial charge in [-0.15, -0.1) is 0 Å². The number of amidine groups is 1. The van der Waals surface area contributed by atoms with Crippen molar-refractivity contribution in [2.24, 2.45) is 0 Å². The van der Waals surface area contributed by atoms with E-state index in [0.29, 0.717) is 11.5 Å². The van der Waals surface area contributed by atoms with E-state index in [1.54, 1.807) is 25.1 Å². The summed E-state index contributed by atoms with van der Waals surface area (Å²) in [6.45, 7) is 1.58. The van der Waals surface area contributed by atoms with Crippen molar-refractivity contribution in [2.45, 2.75) is 13.0 Å². The van der Waals surface area contributed by atoms with E-state index in [0.717, 1.165) is 6.34 Å². The topological polar surface area (TPSA) is 110 Å². The summed E-state index contributed by atoms with van der Waals surface area (Å²) in [5, 5.41) is 24.1. The van der Waals surface area contributed by atoms with Crippen LogP contribution < -0.4 is 5.73 Å². The van der Waals surface area contributed by atoms with Crippen LogP contribution in [0.5, 0.6) is 0 Å². The Morgan fingerprint density at radius 3 is 2.88 bits per heavy atom. The highest BCUT2D eigenvalue weighted by Gasteiger charge is 2.16. The molecule has 0 bridgehead atoms. The van der Waals surface area contributed by atoms with Gasteiger partial charge in [0.1, 0.15) is 11.5 Å². The Kier molecular flexibility index (Phi) is 3.96. The second-order valence-electron chi connectivity index (χ2n) is 3.36. The maximum Gasteiger partial charge on any atom is 0.152 e. The maximum atomic E-state index is 9.00. The van der Waals surface area contributed by atoms with Crippen molar-refractivity contribution < 1.29 is 5.11 Å². The van der Waals surface area contributed by atoms with Crippen molar-refractivity contribution in [3.05, 3.63) is 23.9 Å². The average Bonchev–Trinajstić information content (AvgIpc) is 2.29. The summed E-state index contributed by atoms with van der Waals surface area (Å²) in [6.07, 6.45) is 0.994. The molecule has 0 unspecified atom stereocenters. The molecular weight excluding hydrogens is 206 g/mol. The van der Waals surface area contributed by atoms with Gasteiger partial charge in [0.25, 0.3) is 0 Å². The summed E-state index contributed by atoms with van der Waals surface area (Å²) >= 11 is 0. The third-order valence-electron chi connectivity index (χ3n) is 2.15. The van der Waals surface area contributed by atoms with Gasteiger partial charge in [-0.25, -0.2) is 4.98 Å². The number of aliphatic hydroxyl groups is 1. The van der Waals surface area contributed by atoms with Crippen LogP contribution in [0, 0.1) is 10.8 Å². The Balaban J connectivity index is 2.95. The van der Waals surface area contributed by atoms with Gasteiger partial charge >= 0.3 is 0 Å². The molecule has 0 spiro atoms. The van der Waals surface area contributed by atoms with E-state index in [2.05, 4.69) is 4.98 Å². The number of nitrogens with zero attached hydrogens (tertiary/aromatic N) is 2. The van der Waals surface area contributed by atoms with Crippen LogP contribution in [0.15, 0.2) is 18.2 Å². The molecule has 86 valence electrons.